The van der Waals surface area contributed by atoms with Crippen LogP contribution in [0.25, 0.3) is 22.1 Å². The lowest BCUT2D eigenvalue weighted by Crippen LogP contribution is -2.33. The largest absolute Gasteiger partial charge is 0.358 e. The van der Waals surface area contributed by atoms with Crippen LogP contribution in [-0.2, 0) is 0 Å². The van der Waals surface area contributed by atoms with Gasteiger partial charge in [-0.2, -0.15) is 0 Å². The van der Waals surface area contributed by atoms with Crippen LogP contribution in [0.15, 0.2) is 66.0 Å². The Morgan fingerprint density at radius 1 is 1.06 bits per heavy atom. The fraction of sp³-hybridized carbons (Fsp3) is 0.0952. The standard InChI is InChI=1S/C21H17FN8O/c1-12(27-19-17-18(24-10-23-17)25-11-26-19)20-28-15-9-5-8-14(22)16(15)21(31)30(20)29-13-6-3-2-4-7-13/h2-12,29H,1H3,(H2,23,24,25,26,27). The Hall–Kier alpha value is -4.34. The Kier molecular flexibility index (Phi) is 4.51. The highest BCUT2D eigenvalue weighted by molar-refractivity contribution is 5.82. The predicted molar refractivity (Wildman–Crippen MR) is 115 cm³/mol. The van der Waals surface area contributed by atoms with Gasteiger partial charge in [-0.25, -0.2) is 29.0 Å². The first kappa shape index (κ1) is 18.7. The molecule has 3 heterocycles. The van der Waals surface area contributed by atoms with E-state index in [9.17, 15) is 9.18 Å². The van der Waals surface area contributed by atoms with E-state index in [1.165, 1.54) is 29.5 Å². The topological polar surface area (TPSA) is 113 Å². The van der Waals surface area contributed by atoms with Crippen LogP contribution < -0.4 is 16.3 Å². The SMILES string of the molecule is CC(Nc1ncnc2nc[nH]c12)c1nc2cccc(F)c2c(=O)n1Nc1ccccc1. The molecule has 0 saturated heterocycles. The minimum absolute atomic E-state index is 0.0834. The number of nitrogens with one attached hydrogen (secondary N) is 3. The van der Waals surface area contributed by atoms with Gasteiger partial charge in [-0.1, -0.05) is 24.3 Å². The number of H-pyrrole nitrogens is 1. The predicted octanol–water partition coefficient (Wildman–Crippen LogP) is 3.25. The molecule has 0 aliphatic rings. The third-order valence-corrected chi connectivity index (χ3v) is 4.85. The van der Waals surface area contributed by atoms with Crippen molar-refractivity contribution in [3.8, 4) is 0 Å². The zero-order valence-corrected chi connectivity index (χ0v) is 16.4. The van der Waals surface area contributed by atoms with E-state index in [1.54, 1.807) is 18.2 Å². The molecule has 0 aliphatic heterocycles. The molecule has 0 radical (unpaired) electrons. The van der Waals surface area contributed by atoms with Gasteiger partial charge in [0.25, 0.3) is 5.56 Å². The summed E-state index contributed by atoms with van der Waals surface area (Å²) >= 11 is 0. The first-order valence-electron chi connectivity index (χ1n) is 9.55. The molecule has 5 aromatic rings. The van der Waals surface area contributed by atoms with Crippen LogP contribution in [0.3, 0.4) is 0 Å². The number of hydrogen-bond donors (Lipinski definition) is 3. The molecule has 1 atom stereocenters. The molecule has 10 heteroatoms. The molecule has 2 aromatic carbocycles. The molecular formula is C21H17FN8O. The van der Waals surface area contributed by atoms with Gasteiger partial charge < -0.3 is 10.3 Å². The van der Waals surface area contributed by atoms with Crippen molar-refractivity contribution in [2.24, 2.45) is 0 Å². The summed E-state index contributed by atoms with van der Waals surface area (Å²) in [5, 5.41) is 3.16. The molecule has 0 amide bonds. The third kappa shape index (κ3) is 3.33. The number of hydrogen-bond acceptors (Lipinski definition) is 7. The molecule has 0 spiro atoms. The Morgan fingerprint density at radius 2 is 1.90 bits per heavy atom. The van der Waals surface area contributed by atoms with Crippen LogP contribution in [-0.4, -0.2) is 29.6 Å². The summed E-state index contributed by atoms with van der Waals surface area (Å²) in [6.45, 7) is 1.83. The van der Waals surface area contributed by atoms with Crippen molar-refractivity contribution >= 4 is 33.6 Å². The fourth-order valence-corrected chi connectivity index (χ4v) is 3.39. The lowest BCUT2D eigenvalue weighted by molar-refractivity contribution is 0.632. The lowest BCUT2D eigenvalue weighted by Gasteiger charge is -2.21. The van der Waals surface area contributed by atoms with E-state index >= 15 is 0 Å². The molecule has 3 N–H and O–H groups in total. The van der Waals surface area contributed by atoms with Crippen molar-refractivity contribution in [2.45, 2.75) is 13.0 Å². The average Bonchev–Trinajstić information content (AvgIpc) is 3.26. The number of anilines is 2. The van der Waals surface area contributed by atoms with E-state index in [-0.39, 0.29) is 10.9 Å². The van der Waals surface area contributed by atoms with Crippen molar-refractivity contribution in [2.75, 3.05) is 10.7 Å². The van der Waals surface area contributed by atoms with Gasteiger partial charge in [0.15, 0.2) is 17.3 Å². The Bertz CT molecular complexity index is 1450. The van der Waals surface area contributed by atoms with Crippen LogP contribution in [0, 0.1) is 5.82 Å². The number of aromatic amines is 1. The number of halogens is 1. The molecular weight excluding hydrogens is 399 g/mol. The van der Waals surface area contributed by atoms with E-state index < -0.39 is 17.4 Å². The zero-order chi connectivity index (χ0) is 21.4. The quantitative estimate of drug-likeness (QED) is 0.403. The van der Waals surface area contributed by atoms with Crippen molar-refractivity contribution < 1.29 is 4.39 Å². The number of benzene rings is 2. The highest BCUT2D eigenvalue weighted by Gasteiger charge is 2.20. The normalized spacial score (nSPS) is 12.2. The number of rotatable bonds is 5. The number of aromatic nitrogens is 6. The maximum Gasteiger partial charge on any atom is 0.283 e. The first-order chi connectivity index (χ1) is 15.1. The highest BCUT2D eigenvalue weighted by Crippen LogP contribution is 2.22. The van der Waals surface area contributed by atoms with Gasteiger partial charge in [-0.3, -0.25) is 10.2 Å². The van der Waals surface area contributed by atoms with Crippen molar-refractivity contribution in [3.63, 3.8) is 0 Å². The molecule has 0 bridgehead atoms. The van der Waals surface area contributed by atoms with Gasteiger partial charge in [-0.15, -0.1) is 0 Å². The van der Waals surface area contributed by atoms with Gasteiger partial charge in [0.2, 0.25) is 0 Å². The number of imidazole rings is 1. The summed E-state index contributed by atoms with van der Waals surface area (Å²) in [5.41, 5.74) is 4.58. The average molecular weight is 416 g/mol. The molecule has 5 rings (SSSR count). The van der Waals surface area contributed by atoms with Gasteiger partial charge in [0, 0.05) is 0 Å². The lowest BCUT2D eigenvalue weighted by atomic mass is 10.2. The second kappa shape index (κ2) is 7.48. The molecule has 1 unspecified atom stereocenters. The van der Waals surface area contributed by atoms with Crippen molar-refractivity contribution in [3.05, 3.63) is 83.2 Å². The van der Waals surface area contributed by atoms with E-state index in [0.717, 1.165) is 0 Å². The van der Waals surface area contributed by atoms with Crippen molar-refractivity contribution in [1.29, 1.82) is 0 Å². The van der Waals surface area contributed by atoms with Gasteiger partial charge in [0.05, 0.1) is 23.6 Å². The van der Waals surface area contributed by atoms with Crippen LogP contribution in [0.2, 0.25) is 0 Å². The minimum atomic E-state index is -0.624. The summed E-state index contributed by atoms with van der Waals surface area (Å²) in [7, 11) is 0. The molecule has 31 heavy (non-hydrogen) atoms. The number of fused-ring (bicyclic) bond motifs is 2. The second-order valence-corrected chi connectivity index (χ2v) is 6.91. The molecule has 3 aromatic heterocycles. The summed E-state index contributed by atoms with van der Waals surface area (Å²) < 4.78 is 15.7. The molecule has 0 aliphatic carbocycles. The maximum atomic E-state index is 14.5. The maximum absolute atomic E-state index is 14.5. The summed E-state index contributed by atoms with van der Waals surface area (Å²) in [4.78, 5) is 33.3. The Morgan fingerprint density at radius 3 is 2.74 bits per heavy atom. The van der Waals surface area contributed by atoms with Crippen molar-refractivity contribution in [1.82, 2.24) is 29.6 Å². The Balaban J connectivity index is 1.64. The van der Waals surface area contributed by atoms with Crippen LogP contribution in [0.5, 0.6) is 0 Å². The Labute approximate surface area is 175 Å². The number of para-hydroxylation sites is 1. The van der Waals surface area contributed by atoms with E-state index in [2.05, 4.69) is 35.7 Å². The first-order valence-corrected chi connectivity index (χ1v) is 9.55. The zero-order valence-electron chi connectivity index (χ0n) is 16.4. The van der Waals surface area contributed by atoms with Crippen LogP contribution in [0.1, 0.15) is 18.8 Å². The molecule has 9 nitrogen and oxygen atoms in total. The van der Waals surface area contributed by atoms with E-state index in [1.807, 2.05) is 25.1 Å². The second-order valence-electron chi connectivity index (χ2n) is 6.91. The van der Waals surface area contributed by atoms with Crippen LogP contribution >= 0.6 is 0 Å². The summed E-state index contributed by atoms with van der Waals surface area (Å²) in [5.74, 6) is 0.244. The third-order valence-electron chi connectivity index (χ3n) is 4.85. The molecule has 154 valence electrons. The van der Waals surface area contributed by atoms with Gasteiger partial charge in [-0.05, 0) is 31.2 Å². The highest BCUT2D eigenvalue weighted by atomic mass is 19.1. The van der Waals surface area contributed by atoms with E-state index in [4.69, 9.17) is 0 Å². The minimum Gasteiger partial charge on any atom is -0.358 e. The summed E-state index contributed by atoms with van der Waals surface area (Å²) in [6.07, 6.45) is 2.93. The smallest absolute Gasteiger partial charge is 0.283 e. The molecule has 0 fully saturated rings. The number of nitrogens with zero attached hydrogens (tertiary/aromatic N) is 5. The summed E-state index contributed by atoms with van der Waals surface area (Å²) in [6, 6.07) is 13.0. The van der Waals surface area contributed by atoms with Crippen LogP contribution in [0.4, 0.5) is 15.9 Å². The van der Waals surface area contributed by atoms with E-state index in [0.29, 0.717) is 28.5 Å². The monoisotopic (exact) mass is 416 g/mol. The van der Waals surface area contributed by atoms with Gasteiger partial charge in [0.1, 0.15) is 23.0 Å². The fourth-order valence-electron chi connectivity index (χ4n) is 3.39. The molecule has 0 saturated carbocycles. The van der Waals surface area contributed by atoms with Gasteiger partial charge >= 0.3 is 0 Å².